The van der Waals surface area contributed by atoms with Crippen LogP contribution in [0.4, 0.5) is 26.3 Å². The van der Waals surface area contributed by atoms with Crippen LogP contribution in [0.5, 0.6) is 0 Å². The van der Waals surface area contributed by atoms with Gasteiger partial charge >= 0.3 is 42.7 Å². The van der Waals surface area contributed by atoms with E-state index in [1.807, 2.05) is 130 Å². The van der Waals surface area contributed by atoms with E-state index in [-0.39, 0.29) is 49.9 Å². The molecule has 0 aliphatic carbocycles. The fourth-order valence-electron chi connectivity index (χ4n) is 8.61. The van der Waals surface area contributed by atoms with E-state index in [4.69, 9.17) is 51.0 Å². The first-order valence-corrected chi connectivity index (χ1v) is 31.8. The number of carbonyl (C=O) groups is 5. The summed E-state index contributed by atoms with van der Waals surface area (Å²) < 4.78 is 72.4. The molecule has 30 heteroatoms. The first kappa shape index (κ1) is 91.3. The number of carboxylic acid groups (broad SMARTS) is 1. The summed E-state index contributed by atoms with van der Waals surface area (Å²) in [5, 5.41) is 16.3. The lowest BCUT2D eigenvalue weighted by Crippen LogP contribution is -2.49. The molecule has 0 aliphatic heterocycles. The minimum atomic E-state index is -5.13. The van der Waals surface area contributed by atoms with Gasteiger partial charge in [0.15, 0.2) is 0 Å². The Morgan fingerprint density at radius 1 is 0.491 bits per heavy atom. The molecule has 3 amide bonds. The molecule has 106 heavy (non-hydrogen) atoms. The van der Waals surface area contributed by atoms with Crippen molar-refractivity contribution in [2.45, 2.75) is 83.7 Å². The maximum absolute atomic E-state index is 13.6. The number of hydrogen-bond donors (Lipinski definition) is 5. The highest BCUT2D eigenvalue weighted by Crippen LogP contribution is 2.29. The highest BCUT2D eigenvalue weighted by Gasteiger charge is 2.46. The van der Waals surface area contributed by atoms with Crippen LogP contribution in [0.15, 0.2) is 220 Å². The molecule has 0 spiro atoms. The van der Waals surface area contributed by atoms with Gasteiger partial charge in [-0.05, 0) is 159 Å². The van der Waals surface area contributed by atoms with Crippen LogP contribution in [0.1, 0.15) is 83.6 Å². The van der Waals surface area contributed by atoms with Crippen molar-refractivity contribution < 1.29 is 84.2 Å². The zero-order valence-electron chi connectivity index (χ0n) is 57.9. The second-order valence-corrected chi connectivity index (χ2v) is 21.6. The SMILES string of the molecule is Cc1ccc(C(C(=O)NCCc2ccncc2)N(CCc2cccnc2)C(=O)C(F)(F)F)cc1.Cc1ccc(C(NCCc2cccnc2)C(=O)NCCc2ccncc2)cc1.Cc1ccc(C=O)cc1.NCCc1cccnc1.O=C(O)C(F)(F)F.O=C=O.O=C=O.O=C=O.[C-]#[N+]CCc1ccncc1. The van der Waals surface area contributed by atoms with Gasteiger partial charge in [0, 0.05) is 113 Å². The average molecular weight is 1470 g/mol. The lowest BCUT2D eigenvalue weighted by atomic mass is 10.0. The number of hydrogen-bond acceptors (Lipinski definition) is 19. The molecule has 0 fully saturated rings. The van der Waals surface area contributed by atoms with Crippen LogP contribution in [0.3, 0.4) is 0 Å². The quantitative estimate of drug-likeness (QED) is 0.0226. The molecule has 0 bridgehead atoms. The van der Waals surface area contributed by atoms with Gasteiger partial charge in [0.2, 0.25) is 18.4 Å². The molecule has 24 nitrogen and oxygen atoms in total. The van der Waals surface area contributed by atoms with Gasteiger partial charge in [-0.25, -0.2) is 11.4 Å². The summed E-state index contributed by atoms with van der Waals surface area (Å²) in [6, 6.07) is 43.0. The third-order valence-corrected chi connectivity index (χ3v) is 13.8. The van der Waals surface area contributed by atoms with Crippen LogP contribution in [-0.2, 0) is 86.5 Å². The van der Waals surface area contributed by atoms with Crippen LogP contribution >= 0.6 is 0 Å². The minimum Gasteiger partial charge on any atom is -0.475 e. The van der Waals surface area contributed by atoms with Crippen LogP contribution < -0.4 is 21.7 Å². The summed E-state index contributed by atoms with van der Waals surface area (Å²) in [6.45, 7) is 14.9. The summed E-state index contributed by atoms with van der Waals surface area (Å²) in [6.07, 6.45) is 15.9. The van der Waals surface area contributed by atoms with E-state index in [1.165, 1.54) is 28.5 Å². The van der Waals surface area contributed by atoms with Gasteiger partial charge in [-0.2, -0.15) is 55.1 Å². The number of aryl methyl sites for hydroxylation is 3. The molecule has 6 aromatic heterocycles. The molecule has 0 saturated carbocycles. The maximum Gasteiger partial charge on any atom is 0.490 e. The topological polar surface area (TPSA) is 355 Å². The Hall–Kier alpha value is -12.8. The van der Waals surface area contributed by atoms with Crippen LogP contribution in [0, 0.1) is 27.3 Å². The Morgan fingerprint density at radius 3 is 1.21 bits per heavy atom. The molecular formula is C76H78F6N12O12. The highest BCUT2D eigenvalue weighted by molar-refractivity contribution is 5.91. The van der Waals surface area contributed by atoms with Crippen LogP contribution in [0.2, 0.25) is 0 Å². The number of alkyl halides is 6. The zero-order chi connectivity index (χ0) is 78.8. The minimum absolute atomic E-state index is 0.0101. The molecule has 0 aliphatic rings. The van der Waals surface area contributed by atoms with E-state index in [2.05, 4.69) is 50.7 Å². The van der Waals surface area contributed by atoms with E-state index >= 15 is 0 Å². The number of nitrogens with zero attached hydrogens (tertiary/aromatic N) is 8. The fraction of sp³-hybridized carbons (Fsp3) is 0.250. The van der Waals surface area contributed by atoms with Crippen molar-refractivity contribution in [1.29, 1.82) is 0 Å². The Morgan fingerprint density at radius 2 is 0.849 bits per heavy atom. The van der Waals surface area contributed by atoms with Crippen LogP contribution in [0.25, 0.3) is 4.85 Å². The Labute approximate surface area is 607 Å². The zero-order valence-corrected chi connectivity index (χ0v) is 57.9. The Bertz CT molecular complexity index is 4020. The number of aldehydes is 1. The number of carbonyl (C=O) groups excluding carboxylic acids is 10. The van der Waals surface area contributed by atoms with E-state index in [0.29, 0.717) is 48.6 Å². The molecule has 6 N–H and O–H groups in total. The van der Waals surface area contributed by atoms with Gasteiger partial charge < -0.3 is 36.5 Å². The Kier molecular flexibility index (Phi) is 47.3. The number of halogens is 6. The third-order valence-electron chi connectivity index (χ3n) is 13.8. The van der Waals surface area contributed by atoms with Crippen molar-refractivity contribution in [2.24, 2.45) is 5.73 Å². The van der Waals surface area contributed by atoms with E-state index < -0.39 is 36.2 Å². The molecule has 2 unspecified atom stereocenters. The molecular weight excluding hydrogens is 1390 g/mol. The standard InChI is InChI=1S/C25H25F3N4O2.C23H26N4O.C8H8N2.C8H8O.C7H10N2.C2HF3O2.3CO2/c1-18-4-6-21(7-5-18)22(23(33)31-15-10-19-8-13-29-14-9-19)32(24(34)25(26,27)28)16-11-20-3-2-12-30-17-20;1-18-4-6-21(7-5-18)22(26-15-11-20-3-2-12-25-17-20)23(28)27-16-10-19-8-13-24-14-9-19;1-9-5-2-8-3-6-10-7-4-8;1-7-2-4-8(6-9)5-3-7;8-4-3-7-2-1-5-9-6-7;3-2(4,5)1(6)7;3*2-1-3/h2-9,12-14,17,22H,10-11,15-16H2,1H3,(H,31,33);2-9,12-14,17,22,26H,10-11,15-16H2,1H3,(H,27,28);3-4,6-7H,2,5H2;2-6H,1H3;1-2,5-6H,3-4,8H2;(H,6,7);;;. The lowest BCUT2D eigenvalue weighted by Gasteiger charge is -2.32. The number of nitrogens with one attached hydrogen (secondary N) is 3. The summed E-state index contributed by atoms with van der Waals surface area (Å²) >= 11 is 0. The van der Waals surface area contributed by atoms with Gasteiger partial charge in [-0.1, -0.05) is 108 Å². The first-order valence-electron chi connectivity index (χ1n) is 31.8. The molecule has 6 heterocycles. The summed E-state index contributed by atoms with van der Waals surface area (Å²) in [5.41, 5.74) is 16.9. The number of carboxylic acids is 1. The second-order valence-electron chi connectivity index (χ2n) is 21.6. The molecule has 9 rings (SSSR count). The van der Waals surface area contributed by atoms with Crippen molar-refractivity contribution >= 4 is 48.4 Å². The number of amides is 3. The van der Waals surface area contributed by atoms with E-state index in [9.17, 15) is 45.5 Å². The summed E-state index contributed by atoms with van der Waals surface area (Å²) in [5.74, 6) is -5.51. The van der Waals surface area contributed by atoms with E-state index in [0.717, 1.165) is 65.4 Å². The number of pyridine rings is 6. The molecule has 556 valence electrons. The number of benzene rings is 3. The maximum atomic E-state index is 13.6. The van der Waals surface area contributed by atoms with Gasteiger partial charge in [-0.15, -0.1) is 0 Å². The lowest BCUT2D eigenvalue weighted by molar-refractivity contribution is -0.193. The van der Waals surface area contributed by atoms with Gasteiger partial charge in [-0.3, -0.25) is 49.1 Å². The molecule has 9 aromatic rings. The summed E-state index contributed by atoms with van der Waals surface area (Å²) in [7, 11) is 0. The normalized spacial score (nSPS) is 10.3. The molecule has 0 radical (unpaired) electrons. The smallest absolute Gasteiger partial charge is 0.475 e. The number of aliphatic carboxylic acids is 1. The van der Waals surface area contributed by atoms with Crippen LogP contribution in [-0.4, -0.2) is 140 Å². The van der Waals surface area contributed by atoms with Crippen molar-refractivity contribution in [3.05, 3.63) is 298 Å². The predicted octanol–water partition coefficient (Wildman–Crippen LogP) is 9.65. The first-order chi connectivity index (χ1) is 50.8. The average Bonchev–Trinajstić information content (AvgIpc) is 0.802. The Balaban J connectivity index is 0.000000685. The van der Waals surface area contributed by atoms with Gasteiger partial charge in [0.25, 0.3) is 0 Å². The van der Waals surface area contributed by atoms with Crippen molar-refractivity contribution in [1.82, 2.24) is 50.8 Å². The van der Waals surface area contributed by atoms with Crippen molar-refractivity contribution in [2.75, 3.05) is 39.3 Å². The second kappa shape index (κ2) is 54.9. The predicted molar refractivity (Wildman–Crippen MR) is 373 cm³/mol. The molecule has 2 atom stereocenters. The van der Waals surface area contributed by atoms with Gasteiger partial charge in [0.1, 0.15) is 18.4 Å². The summed E-state index contributed by atoms with van der Waals surface area (Å²) in [4.78, 5) is 134. The molecule has 3 aromatic carbocycles. The van der Waals surface area contributed by atoms with Crippen molar-refractivity contribution in [3.8, 4) is 0 Å². The highest BCUT2D eigenvalue weighted by atomic mass is 19.4. The largest absolute Gasteiger partial charge is 0.490 e. The third kappa shape index (κ3) is 41.9. The monoisotopic (exact) mass is 1460 g/mol. The van der Waals surface area contributed by atoms with Gasteiger partial charge in [0.05, 0.1) is 0 Å². The molecule has 0 saturated heterocycles. The van der Waals surface area contributed by atoms with Crippen molar-refractivity contribution in [3.63, 3.8) is 0 Å². The van der Waals surface area contributed by atoms with E-state index in [1.54, 1.807) is 104 Å². The number of nitrogens with two attached hydrogens (primary N) is 1. The number of rotatable bonds is 23. The fourth-order valence-corrected chi connectivity index (χ4v) is 8.61. The number of aromatic nitrogens is 6.